The first-order chi connectivity index (χ1) is 10.00. The molecule has 6 heteroatoms. The summed E-state index contributed by atoms with van der Waals surface area (Å²) in [5.41, 5.74) is 1.79. The summed E-state index contributed by atoms with van der Waals surface area (Å²) < 4.78 is 0. The number of amides is 2. The Balaban J connectivity index is 2.08. The van der Waals surface area contributed by atoms with Crippen LogP contribution in [0, 0.1) is 0 Å². The summed E-state index contributed by atoms with van der Waals surface area (Å²) in [5, 5.41) is 6.91. The Kier molecular flexibility index (Phi) is 2.32. The van der Waals surface area contributed by atoms with E-state index >= 15 is 0 Å². The highest BCUT2D eigenvalue weighted by Crippen LogP contribution is 2.42. The molecule has 1 aromatic heterocycles. The molecule has 3 aliphatic rings. The van der Waals surface area contributed by atoms with Gasteiger partial charge < -0.3 is 15.6 Å². The molecule has 2 atom stereocenters. The van der Waals surface area contributed by atoms with Crippen molar-refractivity contribution in [3.05, 3.63) is 35.5 Å². The van der Waals surface area contributed by atoms with E-state index < -0.39 is 10.4 Å². The summed E-state index contributed by atoms with van der Waals surface area (Å²) in [7, 11) is 0. The van der Waals surface area contributed by atoms with E-state index in [1.165, 1.54) is 11.8 Å². The Hall–Kier alpha value is -1.95. The summed E-state index contributed by atoms with van der Waals surface area (Å²) in [4.78, 5) is 27.5. The molecule has 1 fully saturated rings. The van der Waals surface area contributed by atoms with Crippen molar-refractivity contribution in [2.75, 3.05) is 6.26 Å². The molecule has 21 heavy (non-hydrogen) atoms. The van der Waals surface area contributed by atoms with Crippen molar-refractivity contribution in [3.63, 3.8) is 0 Å². The zero-order valence-electron chi connectivity index (χ0n) is 11.7. The minimum Gasteiger partial charge on any atom is -0.356 e. The fourth-order valence-electron chi connectivity index (χ4n) is 3.33. The summed E-state index contributed by atoms with van der Waals surface area (Å²) in [6.07, 6.45) is 2.34. The van der Waals surface area contributed by atoms with Gasteiger partial charge >= 0.3 is 0 Å². The van der Waals surface area contributed by atoms with E-state index in [0.29, 0.717) is 6.42 Å². The highest BCUT2D eigenvalue weighted by molar-refractivity contribution is 8.00. The molecule has 0 aliphatic carbocycles. The molecular weight excluding hydrogens is 286 g/mol. The Bertz CT molecular complexity index is 799. The van der Waals surface area contributed by atoms with Crippen LogP contribution in [-0.2, 0) is 21.5 Å². The average molecular weight is 301 g/mol. The third-order valence-electron chi connectivity index (χ3n) is 4.59. The molecule has 2 amide bonds. The number of aromatic nitrogens is 1. The van der Waals surface area contributed by atoms with Crippen LogP contribution in [0.1, 0.15) is 18.2 Å². The molecule has 1 saturated heterocycles. The first-order valence-corrected chi connectivity index (χ1v) is 8.03. The van der Waals surface area contributed by atoms with Crippen molar-refractivity contribution in [2.45, 2.75) is 23.8 Å². The van der Waals surface area contributed by atoms with Gasteiger partial charge in [-0.05, 0) is 24.8 Å². The van der Waals surface area contributed by atoms with Crippen LogP contribution >= 0.6 is 11.8 Å². The first kappa shape index (κ1) is 12.8. The number of carbonyl (C=O) groups is 2. The van der Waals surface area contributed by atoms with Crippen LogP contribution in [0.4, 0.5) is 0 Å². The number of para-hydroxylation sites is 1. The molecule has 5 rings (SSSR count). The molecule has 0 radical (unpaired) electrons. The van der Waals surface area contributed by atoms with Crippen LogP contribution in [0.3, 0.4) is 0 Å². The van der Waals surface area contributed by atoms with Gasteiger partial charge in [0.05, 0.1) is 5.69 Å². The molecular formula is C15H15N3O2S. The maximum atomic E-state index is 12.6. The largest absolute Gasteiger partial charge is 0.356 e. The summed E-state index contributed by atoms with van der Waals surface area (Å²) in [6, 6.07) is 7.96. The standard InChI is InChI=1S/C15H15N3O2S/c1-14-11-9(8-5-3-4-6-10(8)16-11)7-15(21-2,13(20)17-14)18-12(14)19/h3-6,16H,7H2,1-2H3,(H,17,20)(H,18,19). The minimum absolute atomic E-state index is 0.134. The van der Waals surface area contributed by atoms with Gasteiger partial charge in [0.25, 0.3) is 11.8 Å². The van der Waals surface area contributed by atoms with E-state index in [1.54, 1.807) is 6.92 Å². The number of carbonyl (C=O) groups excluding carboxylic acids is 2. The van der Waals surface area contributed by atoms with Crippen molar-refractivity contribution >= 4 is 34.5 Å². The van der Waals surface area contributed by atoms with Crippen molar-refractivity contribution in [2.24, 2.45) is 0 Å². The molecule has 1 aromatic carbocycles. The molecule has 0 saturated carbocycles. The van der Waals surface area contributed by atoms with Gasteiger partial charge in [-0.2, -0.15) is 0 Å². The number of rotatable bonds is 1. The van der Waals surface area contributed by atoms with Crippen molar-refractivity contribution in [3.8, 4) is 0 Å². The molecule has 3 aliphatic heterocycles. The molecule has 2 aromatic rings. The number of aromatic amines is 1. The number of hydrogen-bond donors (Lipinski definition) is 3. The number of piperazine rings is 1. The van der Waals surface area contributed by atoms with Crippen molar-refractivity contribution in [1.29, 1.82) is 0 Å². The van der Waals surface area contributed by atoms with Gasteiger partial charge in [-0.1, -0.05) is 18.2 Å². The number of fused-ring (bicyclic) bond motifs is 3. The molecule has 108 valence electrons. The van der Waals surface area contributed by atoms with Crippen LogP contribution in [0.15, 0.2) is 24.3 Å². The number of nitrogens with one attached hydrogen (secondary N) is 3. The van der Waals surface area contributed by atoms with Gasteiger partial charge in [0.2, 0.25) is 0 Å². The maximum absolute atomic E-state index is 12.6. The van der Waals surface area contributed by atoms with E-state index in [-0.39, 0.29) is 11.8 Å². The number of hydrogen-bond acceptors (Lipinski definition) is 3. The average Bonchev–Trinajstić information content (AvgIpc) is 2.76. The van der Waals surface area contributed by atoms with Crippen LogP contribution in [0.2, 0.25) is 0 Å². The lowest BCUT2D eigenvalue weighted by molar-refractivity contribution is -0.142. The predicted molar refractivity (Wildman–Crippen MR) is 81.9 cm³/mol. The molecule has 4 heterocycles. The quantitative estimate of drug-likeness (QED) is 0.742. The first-order valence-electron chi connectivity index (χ1n) is 6.81. The van der Waals surface area contributed by atoms with Gasteiger partial charge in [0, 0.05) is 17.3 Å². The van der Waals surface area contributed by atoms with Crippen molar-refractivity contribution < 1.29 is 9.59 Å². The maximum Gasteiger partial charge on any atom is 0.257 e. The van der Waals surface area contributed by atoms with Gasteiger partial charge in [0.1, 0.15) is 0 Å². The fourth-order valence-corrected chi connectivity index (χ4v) is 4.05. The number of H-pyrrole nitrogens is 1. The van der Waals surface area contributed by atoms with Gasteiger partial charge in [-0.15, -0.1) is 11.8 Å². The predicted octanol–water partition coefficient (Wildman–Crippen LogP) is 1.24. The Labute approximate surface area is 125 Å². The lowest BCUT2D eigenvalue weighted by Crippen LogP contribution is -2.70. The third-order valence-corrected chi connectivity index (χ3v) is 5.72. The smallest absolute Gasteiger partial charge is 0.257 e. The van der Waals surface area contributed by atoms with Gasteiger partial charge in [-0.3, -0.25) is 9.59 Å². The van der Waals surface area contributed by atoms with Crippen LogP contribution in [0.25, 0.3) is 10.9 Å². The Morgan fingerprint density at radius 3 is 2.67 bits per heavy atom. The fraction of sp³-hybridized carbons (Fsp3) is 0.333. The van der Waals surface area contributed by atoms with E-state index in [4.69, 9.17) is 0 Å². The number of benzene rings is 1. The normalized spacial score (nSPS) is 30.8. The molecule has 2 unspecified atom stereocenters. The van der Waals surface area contributed by atoms with Crippen LogP contribution < -0.4 is 10.6 Å². The second kappa shape index (κ2) is 3.82. The van der Waals surface area contributed by atoms with E-state index in [0.717, 1.165) is 22.2 Å². The van der Waals surface area contributed by atoms with Gasteiger partial charge in [0.15, 0.2) is 10.4 Å². The molecule has 3 N–H and O–H groups in total. The monoisotopic (exact) mass is 301 g/mol. The summed E-state index contributed by atoms with van der Waals surface area (Å²) in [5.74, 6) is -0.299. The van der Waals surface area contributed by atoms with E-state index in [2.05, 4.69) is 15.6 Å². The minimum atomic E-state index is -1.04. The van der Waals surface area contributed by atoms with E-state index in [1.807, 2.05) is 30.5 Å². The number of thioether (sulfide) groups is 1. The lowest BCUT2D eigenvalue weighted by Gasteiger charge is -2.40. The molecule has 0 spiro atoms. The van der Waals surface area contributed by atoms with Crippen LogP contribution in [-0.4, -0.2) is 27.9 Å². The SMILES string of the molecule is CSC12Cc3c([nH]c4ccccc34)C(C)(NC1=O)C(=O)N2. The zero-order valence-corrected chi connectivity index (χ0v) is 12.6. The second-order valence-corrected chi connectivity index (χ2v) is 6.87. The topological polar surface area (TPSA) is 74.0 Å². The highest BCUT2D eigenvalue weighted by Gasteiger charge is 2.57. The van der Waals surface area contributed by atoms with Crippen LogP contribution in [0.5, 0.6) is 0 Å². The molecule has 2 bridgehead atoms. The third kappa shape index (κ3) is 1.43. The Morgan fingerprint density at radius 1 is 1.14 bits per heavy atom. The highest BCUT2D eigenvalue weighted by atomic mass is 32.2. The summed E-state index contributed by atoms with van der Waals surface area (Å²) in [6.45, 7) is 1.75. The van der Waals surface area contributed by atoms with Gasteiger partial charge in [-0.25, -0.2) is 0 Å². The van der Waals surface area contributed by atoms with Crippen molar-refractivity contribution in [1.82, 2.24) is 15.6 Å². The van der Waals surface area contributed by atoms with E-state index in [9.17, 15) is 9.59 Å². The zero-order chi connectivity index (χ0) is 14.8. The lowest BCUT2D eigenvalue weighted by atomic mass is 9.93. The molecule has 5 nitrogen and oxygen atoms in total. The summed E-state index contributed by atoms with van der Waals surface area (Å²) >= 11 is 1.37. The Morgan fingerprint density at radius 2 is 1.90 bits per heavy atom. The second-order valence-electron chi connectivity index (χ2n) is 5.77.